The van der Waals surface area contributed by atoms with Gasteiger partial charge in [-0.25, -0.2) is 0 Å². The third kappa shape index (κ3) is 4.21. The molecule has 0 saturated carbocycles. The normalized spacial score (nSPS) is 16.8. The molecule has 61 valence electrons. The Hall–Kier alpha value is 0.350. The van der Waals surface area contributed by atoms with Crippen LogP contribution in [0.3, 0.4) is 0 Å². The molecule has 1 radical (unpaired) electrons. The first-order valence-electron chi connectivity index (χ1n) is 4.13. The molecule has 0 heterocycles. The molecule has 0 spiro atoms. The van der Waals surface area contributed by atoms with Crippen molar-refractivity contribution in [2.45, 2.75) is 38.9 Å². The van der Waals surface area contributed by atoms with Crippen LogP contribution in [-0.2, 0) is 0 Å². The molecule has 0 aliphatic carbocycles. The van der Waals surface area contributed by atoms with Gasteiger partial charge in [-0.05, 0) is 18.1 Å². The van der Waals surface area contributed by atoms with Gasteiger partial charge in [-0.15, -0.1) is 0 Å². The monoisotopic (exact) mass is 159 g/mol. The van der Waals surface area contributed by atoms with Gasteiger partial charge in [-0.1, -0.05) is 34.1 Å². The molecule has 0 aliphatic heterocycles. The lowest BCUT2D eigenvalue weighted by Crippen LogP contribution is -2.09. The number of hydrogen-bond acceptors (Lipinski definition) is 1. The molecule has 2 unspecified atom stereocenters. The minimum atomic E-state index is 0.812. The van der Waals surface area contributed by atoms with Crippen LogP contribution in [0.5, 0.6) is 0 Å². The second-order valence-electron chi connectivity index (χ2n) is 2.81. The molecule has 0 N–H and O–H groups in total. The quantitative estimate of drug-likeness (QED) is 0.592. The summed E-state index contributed by atoms with van der Waals surface area (Å²) in [6, 6.07) is 0. The van der Waals surface area contributed by atoms with Gasteiger partial charge in [-0.2, -0.15) is 11.8 Å². The van der Waals surface area contributed by atoms with E-state index < -0.39 is 0 Å². The predicted octanol–water partition coefficient (Wildman–Crippen LogP) is 3.38. The SMILES string of the molecule is [CH2]CCSC(C)C(C)CC. The molecule has 0 saturated heterocycles. The van der Waals surface area contributed by atoms with Crippen molar-refractivity contribution in [3.63, 3.8) is 0 Å². The van der Waals surface area contributed by atoms with Crippen LogP contribution in [0.2, 0.25) is 0 Å². The van der Waals surface area contributed by atoms with Crippen molar-refractivity contribution in [1.29, 1.82) is 0 Å². The van der Waals surface area contributed by atoms with E-state index in [1.807, 2.05) is 11.8 Å². The van der Waals surface area contributed by atoms with Gasteiger partial charge in [0, 0.05) is 5.25 Å². The summed E-state index contributed by atoms with van der Waals surface area (Å²) in [5.74, 6) is 2.07. The van der Waals surface area contributed by atoms with Crippen LogP contribution in [0.25, 0.3) is 0 Å². The summed E-state index contributed by atoms with van der Waals surface area (Å²) < 4.78 is 0. The molecule has 0 aliphatic rings. The van der Waals surface area contributed by atoms with E-state index in [2.05, 4.69) is 27.7 Å². The van der Waals surface area contributed by atoms with Gasteiger partial charge in [0.1, 0.15) is 0 Å². The highest BCUT2D eigenvalue weighted by atomic mass is 32.2. The van der Waals surface area contributed by atoms with Crippen molar-refractivity contribution < 1.29 is 0 Å². The highest BCUT2D eigenvalue weighted by molar-refractivity contribution is 7.99. The Kier molecular flexibility index (Phi) is 6.30. The Labute approximate surface area is 69.8 Å². The number of thioether (sulfide) groups is 1. The van der Waals surface area contributed by atoms with Crippen LogP contribution in [0.15, 0.2) is 0 Å². The predicted molar refractivity (Wildman–Crippen MR) is 51.3 cm³/mol. The minimum absolute atomic E-state index is 0.812. The summed E-state index contributed by atoms with van der Waals surface area (Å²) in [5, 5.41) is 0.812. The molecule has 0 bridgehead atoms. The first-order valence-corrected chi connectivity index (χ1v) is 5.18. The maximum absolute atomic E-state index is 3.82. The van der Waals surface area contributed by atoms with Crippen molar-refractivity contribution in [3.8, 4) is 0 Å². The third-order valence-electron chi connectivity index (χ3n) is 1.97. The van der Waals surface area contributed by atoms with Gasteiger partial charge in [0.05, 0.1) is 0 Å². The topological polar surface area (TPSA) is 0 Å². The Balaban J connectivity index is 3.31. The van der Waals surface area contributed by atoms with E-state index in [-0.39, 0.29) is 0 Å². The Bertz CT molecular complexity index is 71.1. The lowest BCUT2D eigenvalue weighted by atomic mass is 10.1. The zero-order valence-electron chi connectivity index (χ0n) is 7.39. The summed E-state index contributed by atoms with van der Waals surface area (Å²) >= 11 is 2.05. The van der Waals surface area contributed by atoms with Gasteiger partial charge in [0.15, 0.2) is 0 Å². The Morgan fingerprint density at radius 3 is 2.40 bits per heavy atom. The maximum Gasteiger partial charge on any atom is 0.00442 e. The second kappa shape index (κ2) is 6.09. The van der Waals surface area contributed by atoms with Crippen molar-refractivity contribution >= 4 is 11.8 Å². The van der Waals surface area contributed by atoms with E-state index in [9.17, 15) is 0 Å². The van der Waals surface area contributed by atoms with Crippen LogP contribution in [-0.4, -0.2) is 11.0 Å². The molecular formula is C9H19S. The van der Waals surface area contributed by atoms with Crippen LogP contribution in [0.1, 0.15) is 33.6 Å². The first-order chi connectivity index (χ1) is 4.72. The molecular weight excluding hydrogens is 140 g/mol. The Morgan fingerprint density at radius 1 is 1.40 bits per heavy atom. The largest absolute Gasteiger partial charge is 0.159 e. The molecule has 0 rings (SSSR count). The molecule has 0 amide bonds. The second-order valence-corrected chi connectivity index (χ2v) is 4.30. The summed E-state index contributed by atoms with van der Waals surface area (Å²) in [7, 11) is 0. The minimum Gasteiger partial charge on any atom is -0.159 e. The van der Waals surface area contributed by atoms with Gasteiger partial charge in [-0.3, -0.25) is 0 Å². The van der Waals surface area contributed by atoms with Crippen LogP contribution >= 0.6 is 11.8 Å². The van der Waals surface area contributed by atoms with E-state index >= 15 is 0 Å². The molecule has 1 heteroatoms. The maximum atomic E-state index is 3.82. The van der Waals surface area contributed by atoms with Gasteiger partial charge in [0.25, 0.3) is 0 Å². The van der Waals surface area contributed by atoms with Crippen LogP contribution in [0, 0.1) is 12.8 Å². The van der Waals surface area contributed by atoms with E-state index in [1.54, 1.807) is 0 Å². The Morgan fingerprint density at radius 2 is 2.00 bits per heavy atom. The average Bonchev–Trinajstić information content (AvgIpc) is 1.98. The third-order valence-corrected chi connectivity index (χ3v) is 3.49. The van der Waals surface area contributed by atoms with E-state index in [1.165, 1.54) is 12.2 Å². The number of hydrogen-bond donors (Lipinski definition) is 0. The molecule has 0 fully saturated rings. The van der Waals surface area contributed by atoms with Crippen LogP contribution in [0.4, 0.5) is 0 Å². The van der Waals surface area contributed by atoms with Crippen molar-refractivity contribution in [2.75, 3.05) is 5.75 Å². The summed E-state index contributed by atoms with van der Waals surface area (Å²) in [6.45, 7) is 10.7. The lowest BCUT2D eigenvalue weighted by Gasteiger charge is -2.16. The van der Waals surface area contributed by atoms with E-state index in [0.717, 1.165) is 17.6 Å². The fraction of sp³-hybridized carbons (Fsp3) is 0.889. The summed E-state index contributed by atoms with van der Waals surface area (Å²) in [5.41, 5.74) is 0. The first kappa shape index (κ1) is 10.3. The molecule has 0 aromatic heterocycles. The molecule has 0 aromatic rings. The lowest BCUT2D eigenvalue weighted by molar-refractivity contribution is 0.558. The van der Waals surface area contributed by atoms with Crippen molar-refractivity contribution in [2.24, 2.45) is 5.92 Å². The fourth-order valence-corrected chi connectivity index (χ4v) is 1.82. The summed E-state index contributed by atoms with van der Waals surface area (Å²) in [4.78, 5) is 0. The van der Waals surface area contributed by atoms with Crippen LogP contribution < -0.4 is 0 Å². The van der Waals surface area contributed by atoms with Crippen molar-refractivity contribution in [3.05, 3.63) is 6.92 Å². The van der Waals surface area contributed by atoms with Gasteiger partial charge >= 0.3 is 0 Å². The fourth-order valence-electron chi connectivity index (χ4n) is 0.765. The zero-order chi connectivity index (χ0) is 7.98. The molecule has 10 heavy (non-hydrogen) atoms. The standard InChI is InChI=1S/C9H19S/c1-5-7-10-9(4)8(3)6-2/h8-9H,1,5-7H2,2-4H3. The average molecular weight is 159 g/mol. The van der Waals surface area contributed by atoms with Gasteiger partial charge in [0.2, 0.25) is 0 Å². The number of rotatable bonds is 5. The molecule has 0 aromatic carbocycles. The highest BCUT2D eigenvalue weighted by Gasteiger charge is 2.08. The van der Waals surface area contributed by atoms with Crippen molar-refractivity contribution in [1.82, 2.24) is 0 Å². The zero-order valence-corrected chi connectivity index (χ0v) is 8.21. The highest BCUT2D eigenvalue weighted by Crippen LogP contribution is 2.21. The smallest absolute Gasteiger partial charge is 0.00442 e. The van der Waals surface area contributed by atoms with Gasteiger partial charge < -0.3 is 0 Å². The van der Waals surface area contributed by atoms with E-state index in [0.29, 0.717) is 0 Å². The molecule has 2 atom stereocenters. The van der Waals surface area contributed by atoms with E-state index in [4.69, 9.17) is 0 Å². The molecule has 0 nitrogen and oxygen atoms in total. The summed E-state index contributed by atoms with van der Waals surface area (Å²) in [6.07, 6.45) is 2.36.